The molecule has 0 radical (unpaired) electrons. The number of carbonyl (C=O) groups excluding carboxylic acids is 1. The number of thioether (sulfide) groups is 1. The van der Waals surface area contributed by atoms with Crippen molar-refractivity contribution in [3.63, 3.8) is 0 Å². The van der Waals surface area contributed by atoms with Gasteiger partial charge in [0.1, 0.15) is 16.1 Å². The molecule has 4 aliphatic rings. The first-order chi connectivity index (χ1) is 14.6. The predicted molar refractivity (Wildman–Crippen MR) is 117 cm³/mol. The summed E-state index contributed by atoms with van der Waals surface area (Å²) >= 11 is 2.73. The number of rotatable bonds is 6. The van der Waals surface area contributed by atoms with E-state index in [1.165, 1.54) is 61.6 Å². The van der Waals surface area contributed by atoms with Crippen molar-refractivity contribution in [1.82, 2.24) is 15.2 Å². The molecule has 0 saturated heterocycles. The van der Waals surface area contributed by atoms with Crippen LogP contribution < -0.4 is 5.32 Å². The first kappa shape index (κ1) is 20.0. The van der Waals surface area contributed by atoms with Gasteiger partial charge >= 0.3 is 0 Å². The molecule has 1 amide bonds. The lowest BCUT2D eigenvalue weighted by molar-refractivity contribution is -0.113. The molecular formula is C22H25N5OS2. The zero-order valence-electron chi connectivity index (χ0n) is 17.1. The smallest absolute Gasteiger partial charge is 0.236 e. The Morgan fingerprint density at radius 3 is 2.53 bits per heavy atom. The molecule has 2 aromatic rings. The van der Waals surface area contributed by atoms with Gasteiger partial charge in [0.25, 0.3) is 0 Å². The van der Waals surface area contributed by atoms with Gasteiger partial charge in [0.15, 0.2) is 0 Å². The van der Waals surface area contributed by atoms with Crippen molar-refractivity contribution in [2.24, 2.45) is 17.8 Å². The van der Waals surface area contributed by atoms with E-state index in [0.29, 0.717) is 15.7 Å². The van der Waals surface area contributed by atoms with Crippen molar-refractivity contribution in [2.45, 2.75) is 62.3 Å². The molecule has 4 aliphatic carbocycles. The van der Waals surface area contributed by atoms with Crippen molar-refractivity contribution in [3.05, 3.63) is 28.4 Å². The number of aryl methyl sites for hydroxylation is 1. The minimum absolute atomic E-state index is 0.148. The fourth-order valence-corrected chi connectivity index (χ4v) is 7.56. The Morgan fingerprint density at radius 2 is 1.93 bits per heavy atom. The topological polar surface area (TPSA) is 91.6 Å². The Morgan fingerprint density at radius 1 is 1.23 bits per heavy atom. The van der Waals surface area contributed by atoms with Gasteiger partial charge < -0.3 is 0 Å². The summed E-state index contributed by atoms with van der Waals surface area (Å²) < 4.78 is 0. The van der Waals surface area contributed by atoms with Crippen LogP contribution >= 0.6 is 23.1 Å². The lowest BCUT2D eigenvalue weighted by Gasteiger charge is -2.56. The Bertz CT molecular complexity index is 976. The molecule has 4 bridgehead atoms. The monoisotopic (exact) mass is 439 g/mol. The summed E-state index contributed by atoms with van der Waals surface area (Å²) in [5, 5.41) is 22.5. The van der Waals surface area contributed by atoms with Gasteiger partial charge in [-0.05, 0) is 74.8 Å². The molecule has 0 unspecified atom stereocenters. The van der Waals surface area contributed by atoms with Gasteiger partial charge in [-0.3, -0.25) is 10.1 Å². The number of hydrogen-bond donors (Lipinski definition) is 1. The van der Waals surface area contributed by atoms with E-state index >= 15 is 0 Å². The Kier molecular flexibility index (Phi) is 5.28. The second kappa shape index (κ2) is 7.93. The van der Waals surface area contributed by atoms with Gasteiger partial charge in [-0.1, -0.05) is 30.0 Å². The first-order valence-electron chi connectivity index (χ1n) is 10.7. The van der Waals surface area contributed by atoms with Crippen LogP contribution in [0.15, 0.2) is 17.2 Å². The van der Waals surface area contributed by atoms with E-state index in [1.807, 2.05) is 13.0 Å². The van der Waals surface area contributed by atoms with Crippen LogP contribution in [-0.4, -0.2) is 26.8 Å². The van der Waals surface area contributed by atoms with Crippen LogP contribution in [0, 0.1) is 29.1 Å². The third-order valence-electron chi connectivity index (χ3n) is 6.92. The molecule has 0 aliphatic heterocycles. The number of nitrogens with zero attached hydrogens (tertiary/aromatic N) is 4. The summed E-state index contributed by atoms with van der Waals surface area (Å²) in [6.45, 7) is 2.01. The molecule has 2 heterocycles. The highest BCUT2D eigenvalue weighted by molar-refractivity contribution is 8.00. The summed E-state index contributed by atoms with van der Waals surface area (Å²) in [5.41, 5.74) is 1.87. The zero-order chi connectivity index (χ0) is 20.7. The first-order valence-corrected chi connectivity index (χ1v) is 12.5. The third-order valence-corrected chi connectivity index (χ3v) is 8.89. The summed E-state index contributed by atoms with van der Waals surface area (Å²) in [5.74, 6) is 2.58. The van der Waals surface area contributed by atoms with Gasteiger partial charge in [-0.25, -0.2) is 4.98 Å². The van der Waals surface area contributed by atoms with E-state index in [9.17, 15) is 10.1 Å². The molecule has 2 aromatic heterocycles. The molecule has 0 aromatic carbocycles. The van der Waals surface area contributed by atoms with Gasteiger partial charge in [0, 0.05) is 11.1 Å². The van der Waals surface area contributed by atoms with Gasteiger partial charge in [0.05, 0.1) is 11.3 Å². The summed E-state index contributed by atoms with van der Waals surface area (Å²) in [6.07, 6.45) is 8.68. The van der Waals surface area contributed by atoms with E-state index < -0.39 is 0 Å². The lowest BCUT2D eigenvalue weighted by atomic mass is 9.49. The van der Waals surface area contributed by atoms with Crippen LogP contribution in [0.5, 0.6) is 0 Å². The number of pyridine rings is 1. The third kappa shape index (κ3) is 3.74. The van der Waals surface area contributed by atoms with Crippen molar-refractivity contribution in [3.8, 4) is 6.07 Å². The normalized spacial score (nSPS) is 29.0. The highest BCUT2D eigenvalue weighted by atomic mass is 32.2. The average Bonchev–Trinajstić information content (AvgIpc) is 3.18. The predicted octanol–water partition coefficient (Wildman–Crippen LogP) is 4.57. The van der Waals surface area contributed by atoms with E-state index in [2.05, 4.69) is 27.6 Å². The van der Waals surface area contributed by atoms with Crippen LogP contribution in [0.4, 0.5) is 5.13 Å². The van der Waals surface area contributed by atoms with Gasteiger partial charge in [-0.15, -0.1) is 10.2 Å². The molecule has 0 atom stereocenters. The summed E-state index contributed by atoms with van der Waals surface area (Å²) in [7, 11) is 0. The van der Waals surface area contributed by atoms with Crippen molar-refractivity contribution < 1.29 is 4.79 Å². The van der Waals surface area contributed by atoms with Crippen LogP contribution in [0.1, 0.15) is 61.7 Å². The fourth-order valence-electron chi connectivity index (χ4n) is 6.09. The molecular weight excluding hydrogens is 414 g/mol. The molecule has 6 rings (SSSR count). The summed E-state index contributed by atoms with van der Waals surface area (Å²) in [4.78, 5) is 17.4. The molecule has 0 spiro atoms. The Hall–Kier alpha value is -1.98. The van der Waals surface area contributed by atoms with Crippen LogP contribution in [0.25, 0.3) is 0 Å². The number of carbonyl (C=O) groups is 1. The molecule has 1 N–H and O–H groups in total. The SMILES string of the molecule is CCc1nnc(NC(=O)CSc2nc(C34CC5CC(CC(C5)C3)C4)ccc2C#N)s1. The van der Waals surface area contributed by atoms with Crippen molar-refractivity contribution >= 4 is 34.1 Å². The Labute approximate surface area is 184 Å². The van der Waals surface area contributed by atoms with E-state index in [1.54, 1.807) is 0 Å². The average molecular weight is 440 g/mol. The van der Waals surface area contributed by atoms with Gasteiger partial charge in [-0.2, -0.15) is 5.26 Å². The van der Waals surface area contributed by atoms with E-state index in [-0.39, 0.29) is 17.1 Å². The van der Waals surface area contributed by atoms with Crippen LogP contribution in [-0.2, 0) is 16.6 Å². The molecule has 30 heavy (non-hydrogen) atoms. The largest absolute Gasteiger partial charge is 0.300 e. The highest BCUT2D eigenvalue weighted by Gasteiger charge is 2.52. The molecule has 4 fully saturated rings. The fraction of sp³-hybridized carbons (Fsp3) is 0.591. The maximum atomic E-state index is 12.4. The molecule has 6 nitrogen and oxygen atoms in total. The number of amides is 1. The minimum atomic E-state index is -0.148. The lowest BCUT2D eigenvalue weighted by Crippen LogP contribution is -2.49. The number of anilines is 1. The zero-order valence-corrected chi connectivity index (χ0v) is 18.7. The maximum Gasteiger partial charge on any atom is 0.236 e. The maximum absolute atomic E-state index is 12.4. The summed E-state index contributed by atoms with van der Waals surface area (Å²) in [6, 6.07) is 6.22. The van der Waals surface area contributed by atoms with Gasteiger partial charge in [0.2, 0.25) is 11.0 Å². The standard InChI is InChI=1S/C22H25N5OS2/c1-2-19-26-27-21(30-19)25-18(28)12-29-20-16(11-23)3-4-17(24-20)22-8-13-5-14(9-22)7-15(6-13)10-22/h3-4,13-15H,2,5-10,12H2,1H3,(H,25,27,28). The highest BCUT2D eigenvalue weighted by Crippen LogP contribution is 2.60. The quantitative estimate of drug-likeness (QED) is 0.663. The minimum Gasteiger partial charge on any atom is -0.300 e. The Balaban J connectivity index is 1.31. The number of aromatic nitrogens is 3. The van der Waals surface area contributed by atoms with E-state index in [4.69, 9.17) is 4.98 Å². The van der Waals surface area contributed by atoms with Crippen molar-refractivity contribution in [1.29, 1.82) is 5.26 Å². The number of nitriles is 1. The molecule has 8 heteroatoms. The second-order valence-electron chi connectivity index (χ2n) is 9.05. The molecule has 4 saturated carbocycles. The number of nitrogens with one attached hydrogen (secondary N) is 1. The van der Waals surface area contributed by atoms with Crippen molar-refractivity contribution in [2.75, 3.05) is 11.1 Å². The van der Waals surface area contributed by atoms with E-state index in [0.717, 1.165) is 34.9 Å². The number of hydrogen-bond acceptors (Lipinski definition) is 7. The second-order valence-corrected chi connectivity index (χ2v) is 11.1. The molecule has 156 valence electrons. The van der Waals surface area contributed by atoms with Crippen LogP contribution in [0.3, 0.4) is 0 Å². The van der Waals surface area contributed by atoms with Crippen LogP contribution in [0.2, 0.25) is 0 Å².